The summed E-state index contributed by atoms with van der Waals surface area (Å²) in [6.45, 7) is -0.0608. The summed E-state index contributed by atoms with van der Waals surface area (Å²) in [6.07, 6.45) is 0. The van der Waals surface area contributed by atoms with Gasteiger partial charge in [-0.05, 0) is 30.3 Å². The summed E-state index contributed by atoms with van der Waals surface area (Å²) in [6, 6.07) is 10.5. The van der Waals surface area contributed by atoms with Crippen molar-refractivity contribution in [3.8, 4) is 5.75 Å². The molecule has 1 aliphatic rings. The van der Waals surface area contributed by atoms with Crippen molar-refractivity contribution in [1.82, 2.24) is 14.3 Å². The summed E-state index contributed by atoms with van der Waals surface area (Å²) in [5.74, 6) is -1.13. The highest BCUT2D eigenvalue weighted by atomic mass is 32.2. The third kappa shape index (κ3) is 4.61. The summed E-state index contributed by atoms with van der Waals surface area (Å²) in [7, 11) is -6.86. The average molecular weight is 453 g/mol. The first-order valence-electron chi connectivity index (χ1n) is 8.71. The molecule has 0 atom stereocenters. The lowest BCUT2D eigenvalue weighted by molar-refractivity contribution is -0.122. The van der Waals surface area contributed by atoms with Gasteiger partial charge >= 0.3 is 0 Å². The molecule has 2 aromatic carbocycles. The number of rotatable bonds is 6. The van der Waals surface area contributed by atoms with Crippen LogP contribution >= 0.6 is 0 Å². The predicted octanol–water partition coefficient (Wildman–Crippen LogP) is -0.0656. The molecule has 2 N–H and O–H groups in total. The average Bonchev–Trinajstić information content (AvgIpc) is 2.73. The van der Waals surface area contributed by atoms with Gasteiger partial charge < -0.3 is 10.1 Å². The molecule has 2 aromatic rings. The molecule has 0 aromatic heterocycles. The van der Waals surface area contributed by atoms with E-state index in [1.807, 2.05) is 4.72 Å². The number of carbonyl (C=O) groups excluding carboxylic acids is 2. The molecule has 0 radical (unpaired) electrons. The number of amides is 2. The molecule has 30 heavy (non-hydrogen) atoms. The molecule has 12 heteroatoms. The number of hydrogen-bond donors (Lipinski definition) is 2. The first-order valence-corrected chi connectivity index (χ1v) is 11.6. The van der Waals surface area contributed by atoms with E-state index in [4.69, 9.17) is 4.74 Å². The third-order valence-electron chi connectivity index (χ3n) is 4.32. The van der Waals surface area contributed by atoms with E-state index in [2.05, 4.69) is 5.32 Å². The van der Waals surface area contributed by atoms with Gasteiger partial charge in [0.25, 0.3) is 15.9 Å². The SMILES string of the molecule is COc1cccc(S(=O)(=O)NC(=O)c2cccc(S(=O)(=O)N3CCNC(=O)C3)c2)c1. The van der Waals surface area contributed by atoms with Crippen LogP contribution in [0.1, 0.15) is 10.4 Å². The molecule has 1 saturated heterocycles. The van der Waals surface area contributed by atoms with Crippen LogP contribution in [0.3, 0.4) is 0 Å². The van der Waals surface area contributed by atoms with Crippen LogP contribution in [-0.4, -0.2) is 59.7 Å². The van der Waals surface area contributed by atoms with Gasteiger partial charge in [-0.2, -0.15) is 4.31 Å². The lowest BCUT2D eigenvalue weighted by Gasteiger charge is -2.26. The number of sulfonamides is 2. The Hall–Kier alpha value is -2.96. The molecule has 3 rings (SSSR count). The van der Waals surface area contributed by atoms with Gasteiger partial charge in [-0.1, -0.05) is 12.1 Å². The van der Waals surface area contributed by atoms with E-state index >= 15 is 0 Å². The maximum Gasteiger partial charge on any atom is 0.265 e. The van der Waals surface area contributed by atoms with Gasteiger partial charge in [0.1, 0.15) is 5.75 Å². The minimum atomic E-state index is -4.21. The Morgan fingerprint density at radius 2 is 1.77 bits per heavy atom. The minimum Gasteiger partial charge on any atom is -0.497 e. The van der Waals surface area contributed by atoms with E-state index in [0.29, 0.717) is 5.75 Å². The Bertz CT molecular complexity index is 1190. The second-order valence-corrected chi connectivity index (χ2v) is 9.95. The van der Waals surface area contributed by atoms with Crippen molar-refractivity contribution in [1.29, 1.82) is 0 Å². The Kier molecular flexibility index (Phi) is 6.10. The Balaban J connectivity index is 1.84. The quantitative estimate of drug-likeness (QED) is 0.624. The van der Waals surface area contributed by atoms with E-state index in [0.717, 1.165) is 10.4 Å². The van der Waals surface area contributed by atoms with Crippen molar-refractivity contribution in [2.75, 3.05) is 26.7 Å². The zero-order chi connectivity index (χ0) is 21.9. The summed E-state index contributed by atoms with van der Waals surface area (Å²) in [5.41, 5.74) is -0.163. The van der Waals surface area contributed by atoms with Gasteiger partial charge in [-0.3, -0.25) is 9.59 Å². The largest absolute Gasteiger partial charge is 0.497 e. The Labute approximate surface area is 173 Å². The summed E-state index contributed by atoms with van der Waals surface area (Å²) < 4.78 is 58.4. The molecule has 0 unspecified atom stereocenters. The van der Waals surface area contributed by atoms with Crippen molar-refractivity contribution < 1.29 is 31.2 Å². The van der Waals surface area contributed by atoms with E-state index in [-0.39, 0.29) is 35.0 Å². The standard InChI is InChI=1S/C18H19N3O7S2/c1-28-14-5-3-6-15(11-14)29(24,25)20-18(23)13-4-2-7-16(10-13)30(26,27)21-9-8-19-17(22)12-21/h2-7,10-11H,8-9,12H2,1H3,(H,19,22)(H,20,23). The Morgan fingerprint density at radius 3 is 2.47 bits per heavy atom. The Morgan fingerprint density at radius 1 is 1.07 bits per heavy atom. The van der Waals surface area contributed by atoms with Crippen molar-refractivity contribution in [2.24, 2.45) is 0 Å². The number of benzene rings is 2. The lowest BCUT2D eigenvalue weighted by Crippen LogP contribution is -2.49. The van der Waals surface area contributed by atoms with Crippen molar-refractivity contribution in [3.05, 3.63) is 54.1 Å². The number of hydrogen-bond acceptors (Lipinski definition) is 7. The van der Waals surface area contributed by atoms with Crippen LogP contribution in [0.15, 0.2) is 58.3 Å². The molecular weight excluding hydrogens is 434 g/mol. The van der Waals surface area contributed by atoms with Gasteiger partial charge in [0.15, 0.2) is 0 Å². The molecule has 0 saturated carbocycles. The molecule has 0 bridgehead atoms. The first kappa shape index (κ1) is 21.7. The molecule has 1 fully saturated rings. The van der Waals surface area contributed by atoms with Gasteiger partial charge in [-0.25, -0.2) is 21.6 Å². The fourth-order valence-electron chi connectivity index (χ4n) is 2.78. The van der Waals surface area contributed by atoms with E-state index < -0.39 is 31.9 Å². The van der Waals surface area contributed by atoms with Crippen molar-refractivity contribution in [2.45, 2.75) is 9.79 Å². The first-order chi connectivity index (χ1) is 14.1. The highest BCUT2D eigenvalue weighted by Crippen LogP contribution is 2.20. The monoisotopic (exact) mass is 453 g/mol. The molecule has 0 aliphatic carbocycles. The molecule has 1 aliphatic heterocycles. The molecule has 160 valence electrons. The van der Waals surface area contributed by atoms with Crippen LogP contribution in [-0.2, 0) is 24.8 Å². The number of nitrogens with one attached hydrogen (secondary N) is 2. The van der Waals surface area contributed by atoms with Crippen molar-refractivity contribution >= 4 is 31.9 Å². The highest BCUT2D eigenvalue weighted by molar-refractivity contribution is 7.90. The van der Waals surface area contributed by atoms with Crippen LogP contribution in [0.4, 0.5) is 0 Å². The lowest BCUT2D eigenvalue weighted by atomic mass is 10.2. The number of ether oxygens (including phenoxy) is 1. The van der Waals surface area contributed by atoms with Crippen molar-refractivity contribution in [3.63, 3.8) is 0 Å². The zero-order valence-corrected chi connectivity index (χ0v) is 17.5. The number of methoxy groups -OCH3 is 1. The number of carbonyl (C=O) groups is 2. The van der Waals surface area contributed by atoms with E-state index in [1.165, 1.54) is 43.5 Å². The molecule has 1 heterocycles. The molecule has 0 spiro atoms. The molecule has 2 amide bonds. The normalized spacial score (nSPS) is 15.3. The molecular formula is C18H19N3O7S2. The number of nitrogens with zero attached hydrogens (tertiary/aromatic N) is 1. The summed E-state index contributed by atoms with van der Waals surface area (Å²) >= 11 is 0. The highest BCUT2D eigenvalue weighted by Gasteiger charge is 2.30. The van der Waals surface area contributed by atoms with Gasteiger partial charge in [0, 0.05) is 24.7 Å². The third-order valence-corrected chi connectivity index (χ3v) is 7.49. The predicted molar refractivity (Wildman–Crippen MR) is 106 cm³/mol. The van der Waals surface area contributed by atoms with Crippen LogP contribution in [0, 0.1) is 0 Å². The second kappa shape index (κ2) is 8.42. The summed E-state index contributed by atoms with van der Waals surface area (Å²) in [5, 5.41) is 2.53. The maximum absolute atomic E-state index is 12.8. The van der Waals surface area contributed by atoms with Crippen LogP contribution in [0.5, 0.6) is 5.75 Å². The maximum atomic E-state index is 12.8. The topological polar surface area (TPSA) is 139 Å². The fourth-order valence-corrected chi connectivity index (χ4v) is 5.23. The van der Waals surface area contributed by atoms with Gasteiger partial charge in [0.2, 0.25) is 15.9 Å². The molecule has 10 nitrogen and oxygen atoms in total. The zero-order valence-electron chi connectivity index (χ0n) is 15.9. The second-order valence-electron chi connectivity index (χ2n) is 6.33. The van der Waals surface area contributed by atoms with E-state index in [1.54, 1.807) is 6.07 Å². The van der Waals surface area contributed by atoms with Crippen LogP contribution < -0.4 is 14.8 Å². The van der Waals surface area contributed by atoms with E-state index in [9.17, 15) is 26.4 Å². The van der Waals surface area contributed by atoms with Crippen LogP contribution in [0.25, 0.3) is 0 Å². The minimum absolute atomic E-state index is 0.0920. The van der Waals surface area contributed by atoms with Gasteiger partial charge in [0.05, 0.1) is 23.4 Å². The summed E-state index contributed by atoms with van der Waals surface area (Å²) in [4.78, 5) is 23.6. The fraction of sp³-hybridized carbons (Fsp3) is 0.222. The van der Waals surface area contributed by atoms with Gasteiger partial charge in [-0.15, -0.1) is 0 Å². The number of piperazine rings is 1. The smallest absolute Gasteiger partial charge is 0.265 e. The van der Waals surface area contributed by atoms with Crippen LogP contribution in [0.2, 0.25) is 0 Å².